The summed E-state index contributed by atoms with van der Waals surface area (Å²) in [6.45, 7) is 4.36. The number of likely N-dealkylation sites (N-methyl/N-ethyl adjacent to an activating group) is 1. The van der Waals surface area contributed by atoms with E-state index in [1.54, 1.807) is 18.9 Å². The van der Waals surface area contributed by atoms with Crippen molar-refractivity contribution in [3.8, 4) is 0 Å². The highest BCUT2D eigenvalue weighted by Crippen LogP contribution is 2.09. The van der Waals surface area contributed by atoms with Crippen molar-refractivity contribution in [2.75, 3.05) is 13.6 Å². The Kier molecular flexibility index (Phi) is 10.2. The number of hydrogen-bond donors (Lipinski definition) is 1. The molecule has 0 unspecified atom stereocenters. The zero-order valence-corrected chi connectivity index (χ0v) is 11.7. The van der Waals surface area contributed by atoms with Gasteiger partial charge in [0.05, 0.1) is 6.10 Å². The van der Waals surface area contributed by atoms with E-state index in [9.17, 15) is 4.79 Å². The molecule has 1 atom stereocenters. The van der Waals surface area contributed by atoms with Gasteiger partial charge in [-0.15, -0.1) is 0 Å². The number of nitrogens with zero attached hydrogens (tertiary/aromatic N) is 1. The molecule has 0 spiro atoms. The molecule has 0 bridgehead atoms. The number of carbonyl (C=O) groups is 1. The number of unbranched alkanes of at least 4 members (excludes halogenated alkanes) is 6. The molecule has 1 N–H and O–H groups in total. The van der Waals surface area contributed by atoms with Crippen LogP contribution in [-0.2, 0) is 4.79 Å². The van der Waals surface area contributed by atoms with Crippen LogP contribution in [0.1, 0.15) is 65.2 Å². The third-order valence-corrected chi connectivity index (χ3v) is 2.96. The monoisotopic (exact) mass is 243 g/mol. The first kappa shape index (κ1) is 16.4. The highest BCUT2D eigenvalue weighted by Gasteiger charge is 2.09. The molecule has 0 heterocycles. The quantitative estimate of drug-likeness (QED) is 0.599. The molecule has 0 aromatic carbocycles. The lowest BCUT2D eigenvalue weighted by Crippen LogP contribution is -2.32. The molecule has 0 fully saturated rings. The van der Waals surface area contributed by atoms with Crippen molar-refractivity contribution in [3.05, 3.63) is 0 Å². The standard InChI is InChI=1S/C14H29NO2/c1-4-5-6-7-8-9-10-11-14(17)15(3)12-13(2)16/h13,16H,4-12H2,1-3H3/t13-/m0/s1. The predicted molar refractivity (Wildman–Crippen MR) is 71.9 cm³/mol. The van der Waals surface area contributed by atoms with Gasteiger partial charge in [0.25, 0.3) is 0 Å². The van der Waals surface area contributed by atoms with Gasteiger partial charge in [-0.2, -0.15) is 0 Å². The molecule has 0 rings (SSSR count). The predicted octanol–water partition coefficient (Wildman–Crippen LogP) is 2.97. The minimum absolute atomic E-state index is 0.152. The minimum Gasteiger partial charge on any atom is -0.392 e. The van der Waals surface area contributed by atoms with Crippen LogP contribution < -0.4 is 0 Å². The number of rotatable bonds is 10. The summed E-state index contributed by atoms with van der Waals surface area (Å²) < 4.78 is 0. The smallest absolute Gasteiger partial charge is 0.222 e. The van der Waals surface area contributed by atoms with Gasteiger partial charge in [-0.25, -0.2) is 0 Å². The first-order chi connectivity index (χ1) is 8.07. The summed E-state index contributed by atoms with van der Waals surface area (Å²) in [7, 11) is 1.76. The summed E-state index contributed by atoms with van der Waals surface area (Å²) in [5.74, 6) is 0.152. The fourth-order valence-electron chi connectivity index (χ4n) is 1.92. The molecule has 0 radical (unpaired) electrons. The number of carbonyl (C=O) groups excluding carboxylic acids is 1. The molecule has 17 heavy (non-hydrogen) atoms. The molecule has 3 nitrogen and oxygen atoms in total. The van der Waals surface area contributed by atoms with Gasteiger partial charge in [-0.3, -0.25) is 4.79 Å². The van der Waals surface area contributed by atoms with Gasteiger partial charge in [-0.05, 0) is 13.3 Å². The lowest BCUT2D eigenvalue weighted by Gasteiger charge is -2.18. The van der Waals surface area contributed by atoms with E-state index in [-0.39, 0.29) is 5.91 Å². The summed E-state index contributed by atoms with van der Waals surface area (Å²) in [6.07, 6.45) is 8.80. The molecular formula is C14H29NO2. The molecular weight excluding hydrogens is 214 g/mol. The van der Waals surface area contributed by atoms with Gasteiger partial charge >= 0.3 is 0 Å². The average molecular weight is 243 g/mol. The van der Waals surface area contributed by atoms with Crippen LogP contribution >= 0.6 is 0 Å². The third kappa shape index (κ3) is 10.3. The molecule has 0 aromatic heterocycles. The van der Waals surface area contributed by atoms with Crippen molar-refractivity contribution in [1.29, 1.82) is 0 Å². The SMILES string of the molecule is CCCCCCCCCC(=O)N(C)C[C@H](C)O. The van der Waals surface area contributed by atoms with E-state index in [2.05, 4.69) is 6.92 Å². The normalized spacial score (nSPS) is 12.5. The van der Waals surface area contributed by atoms with E-state index in [1.165, 1.54) is 32.1 Å². The van der Waals surface area contributed by atoms with Crippen LogP contribution in [0.4, 0.5) is 0 Å². The van der Waals surface area contributed by atoms with E-state index in [4.69, 9.17) is 5.11 Å². The number of aliphatic hydroxyl groups excluding tert-OH is 1. The van der Waals surface area contributed by atoms with Crippen LogP contribution in [0.15, 0.2) is 0 Å². The number of hydrogen-bond acceptors (Lipinski definition) is 2. The molecule has 0 saturated heterocycles. The van der Waals surface area contributed by atoms with Crippen molar-refractivity contribution in [2.45, 2.75) is 71.3 Å². The highest BCUT2D eigenvalue weighted by molar-refractivity contribution is 5.75. The topological polar surface area (TPSA) is 40.5 Å². The second kappa shape index (κ2) is 10.6. The van der Waals surface area contributed by atoms with Gasteiger partial charge in [0, 0.05) is 20.0 Å². The van der Waals surface area contributed by atoms with Crippen LogP contribution in [0, 0.1) is 0 Å². The Morgan fingerprint density at radius 2 is 1.65 bits per heavy atom. The van der Waals surface area contributed by atoms with Crippen molar-refractivity contribution in [3.63, 3.8) is 0 Å². The molecule has 0 aliphatic heterocycles. The van der Waals surface area contributed by atoms with Crippen LogP contribution in [0.2, 0.25) is 0 Å². The van der Waals surface area contributed by atoms with Crippen molar-refractivity contribution in [2.24, 2.45) is 0 Å². The van der Waals surface area contributed by atoms with Crippen molar-refractivity contribution in [1.82, 2.24) is 4.90 Å². The molecule has 0 aliphatic carbocycles. The van der Waals surface area contributed by atoms with E-state index in [0.29, 0.717) is 13.0 Å². The Hall–Kier alpha value is -0.570. The molecule has 0 saturated carbocycles. The molecule has 102 valence electrons. The van der Waals surface area contributed by atoms with Gasteiger partial charge in [-0.1, -0.05) is 45.4 Å². The molecule has 3 heteroatoms. The Bertz CT molecular complexity index is 193. The van der Waals surface area contributed by atoms with Crippen LogP contribution in [0.3, 0.4) is 0 Å². The lowest BCUT2D eigenvalue weighted by molar-refractivity contribution is -0.131. The maximum Gasteiger partial charge on any atom is 0.222 e. The highest BCUT2D eigenvalue weighted by atomic mass is 16.3. The second-order valence-electron chi connectivity index (χ2n) is 4.99. The first-order valence-electron chi connectivity index (χ1n) is 7.00. The largest absolute Gasteiger partial charge is 0.392 e. The van der Waals surface area contributed by atoms with E-state index in [1.807, 2.05) is 0 Å². The maximum atomic E-state index is 11.6. The van der Waals surface area contributed by atoms with Gasteiger partial charge < -0.3 is 10.0 Å². The van der Waals surface area contributed by atoms with Gasteiger partial charge in [0.2, 0.25) is 5.91 Å². The fourth-order valence-corrected chi connectivity index (χ4v) is 1.92. The first-order valence-corrected chi connectivity index (χ1v) is 7.00. The minimum atomic E-state index is -0.432. The summed E-state index contributed by atoms with van der Waals surface area (Å²) in [4.78, 5) is 13.3. The summed E-state index contributed by atoms with van der Waals surface area (Å²) in [5.41, 5.74) is 0. The Labute approximate surface area is 106 Å². The van der Waals surface area contributed by atoms with Crippen LogP contribution in [0.25, 0.3) is 0 Å². The number of aliphatic hydroxyl groups is 1. The van der Waals surface area contributed by atoms with E-state index >= 15 is 0 Å². The zero-order valence-electron chi connectivity index (χ0n) is 11.7. The van der Waals surface area contributed by atoms with Crippen LogP contribution in [-0.4, -0.2) is 35.6 Å². The second-order valence-corrected chi connectivity index (χ2v) is 4.99. The summed E-state index contributed by atoms with van der Waals surface area (Å²) in [5, 5.41) is 9.17. The van der Waals surface area contributed by atoms with E-state index < -0.39 is 6.10 Å². The van der Waals surface area contributed by atoms with Crippen LogP contribution in [0.5, 0.6) is 0 Å². The molecule has 0 aliphatic rings. The van der Waals surface area contributed by atoms with E-state index in [0.717, 1.165) is 12.8 Å². The average Bonchev–Trinajstić information content (AvgIpc) is 2.26. The number of amides is 1. The zero-order chi connectivity index (χ0) is 13.1. The maximum absolute atomic E-state index is 11.6. The lowest BCUT2D eigenvalue weighted by atomic mass is 10.1. The molecule has 1 amide bonds. The Balaban J connectivity index is 3.38. The Morgan fingerprint density at radius 1 is 1.12 bits per heavy atom. The summed E-state index contributed by atoms with van der Waals surface area (Å²) in [6, 6.07) is 0. The third-order valence-electron chi connectivity index (χ3n) is 2.96. The molecule has 0 aromatic rings. The van der Waals surface area contributed by atoms with Gasteiger partial charge in [0.15, 0.2) is 0 Å². The Morgan fingerprint density at radius 3 is 2.18 bits per heavy atom. The summed E-state index contributed by atoms with van der Waals surface area (Å²) >= 11 is 0. The van der Waals surface area contributed by atoms with Gasteiger partial charge in [0.1, 0.15) is 0 Å². The van der Waals surface area contributed by atoms with Crippen molar-refractivity contribution >= 4 is 5.91 Å². The fraction of sp³-hybridized carbons (Fsp3) is 0.929. The van der Waals surface area contributed by atoms with Crippen molar-refractivity contribution < 1.29 is 9.90 Å².